The van der Waals surface area contributed by atoms with Gasteiger partial charge in [-0.2, -0.15) is 0 Å². The van der Waals surface area contributed by atoms with E-state index in [1.54, 1.807) is 0 Å². The number of carbonyl (C=O) groups excluding carboxylic acids is 1. The lowest BCUT2D eigenvalue weighted by atomic mass is 10.2. The first kappa shape index (κ1) is 15.4. The van der Waals surface area contributed by atoms with E-state index < -0.39 is 21.7 Å². The molecule has 0 saturated carbocycles. The van der Waals surface area contributed by atoms with Crippen LogP contribution in [0.4, 0.5) is 4.39 Å². The predicted octanol–water partition coefficient (Wildman–Crippen LogP) is 2.10. The topological polar surface area (TPSA) is 75.3 Å². The second-order valence-electron chi connectivity index (χ2n) is 4.02. The maximum atomic E-state index is 12.7. The third-order valence-corrected chi connectivity index (χ3v) is 3.99. The molecule has 0 radical (unpaired) electrons. The zero-order chi connectivity index (χ0) is 15.5. The molecule has 0 aliphatic rings. The Bertz CT molecular complexity index is 763. The highest BCUT2D eigenvalue weighted by atomic mass is 35.5. The Hall–Kier alpha value is -1.96. The molecule has 0 spiro atoms. The lowest BCUT2D eigenvalue weighted by Crippen LogP contribution is -2.41. The summed E-state index contributed by atoms with van der Waals surface area (Å²) in [4.78, 5) is 13.6. The SMILES string of the molecule is O=C(NNS(=O)(=O)c1cccc(Cl)c1)c1ccc(F)cc1. The minimum absolute atomic E-state index is 0.0885. The highest BCUT2D eigenvalue weighted by Crippen LogP contribution is 2.14. The number of hydrazine groups is 1. The van der Waals surface area contributed by atoms with E-state index in [9.17, 15) is 17.6 Å². The zero-order valence-electron chi connectivity index (χ0n) is 10.5. The molecular weight excluding hydrogens is 319 g/mol. The third-order valence-electron chi connectivity index (χ3n) is 2.51. The van der Waals surface area contributed by atoms with Gasteiger partial charge in [0.2, 0.25) is 0 Å². The number of amides is 1. The van der Waals surface area contributed by atoms with Gasteiger partial charge in [0.1, 0.15) is 5.82 Å². The van der Waals surface area contributed by atoms with Crippen LogP contribution >= 0.6 is 11.6 Å². The van der Waals surface area contributed by atoms with Crippen molar-refractivity contribution in [3.63, 3.8) is 0 Å². The van der Waals surface area contributed by atoms with E-state index >= 15 is 0 Å². The van der Waals surface area contributed by atoms with Gasteiger partial charge in [-0.05, 0) is 42.5 Å². The molecule has 2 N–H and O–H groups in total. The predicted molar refractivity (Wildman–Crippen MR) is 75.6 cm³/mol. The molecule has 0 heterocycles. The molecule has 21 heavy (non-hydrogen) atoms. The Balaban J connectivity index is 2.08. The van der Waals surface area contributed by atoms with E-state index in [2.05, 4.69) is 0 Å². The number of hydrogen-bond donors (Lipinski definition) is 2. The molecular formula is C13H10ClFN2O3S. The highest BCUT2D eigenvalue weighted by Gasteiger charge is 2.15. The lowest BCUT2D eigenvalue weighted by molar-refractivity contribution is 0.0945. The van der Waals surface area contributed by atoms with Crippen molar-refractivity contribution in [2.75, 3.05) is 0 Å². The van der Waals surface area contributed by atoms with E-state index in [1.165, 1.54) is 36.4 Å². The maximum Gasteiger partial charge on any atom is 0.266 e. The fourth-order valence-corrected chi connectivity index (χ4v) is 2.62. The summed E-state index contributed by atoms with van der Waals surface area (Å²) in [5.74, 6) is -1.20. The molecule has 2 rings (SSSR count). The van der Waals surface area contributed by atoms with Gasteiger partial charge >= 0.3 is 0 Å². The molecule has 0 aromatic heterocycles. The summed E-state index contributed by atoms with van der Waals surface area (Å²) in [6.07, 6.45) is 0. The molecule has 8 heteroatoms. The maximum absolute atomic E-state index is 12.7. The number of nitrogens with one attached hydrogen (secondary N) is 2. The van der Waals surface area contributed by atoms with Crippen LogP contribution in [0.1, 0.15) is 10.4 Å². The van der Waals surface area contributed by atoms with E-state index in [1.807, 2.05) is 10.3 Å². The normalized spacial score (nSPS) is 11.1. The van der Waals surface area contributed by atoms with Crippen LogP contribution in [0.5, 0.6) is 0 Å². The summed E-state index contributed by atoms with van der Waals surface area (Å²) < 4.78 is 36.6. The molecule has 2 aromatic carbocycles. The van der Waals surface area contributed by atoms with Gasteiger partial charge in [0.05, 0.1) is 4.90 Å². The van der Waals surface area contributed by atoms with Crippen LogP contribution in [-0.2, 0) is 10.0 Å². The molecule has 0 unspecified atom stereocenters. The molecule has 0 saturated heterocycles. The van der Waals surface area contributed by atoms with Crippen LogP contribution in [0.25, 0.3) is 0 Å². The van der Waals surface area contributed by atoms with Crippen LogP contribution in [0.15, 0.2) is 53.4 Å². The van der Waals surface area contributed by atoms with E-state index in [0.717, 1.165) is 12.1 Å². The average Bonchev–Trinajstić information content (AvgIpc) is 2.45. The molecule has 0 fully saturated rings. The van der Waals surface area contributed by atoms with Gasteiger partial charge in [-0.15, -0.1) is 4.83 Å². The zero-order valence-corrected chi connectivity index (χ0v) is 12.1. The van der Waals surface area contributed by atoms with Crippen LogP contribution in [-0.4, -0.2) is 14.3 Å². The molecule has 1 amide bonds. The van der Waals surface area contributed by atoms with Crippen LogP contribution in [0.3, 0.4) is 0 Å². The number of sulfonamides is 1. The number of benzene rings is 2. The van der Waals surface area contributed by atoms with Crippen molar-refractivity contribution in [2.24, 2.45) is 0 Å². The Morgan fingerprint density at radius 3 is 2.38 bits per heavy atom. The van der Waals surface area contributed by atoms with Crippen molar-refractivity contribution in [2.45, 2.75) is 4.90 Å². The van der Waals surface area contributed by atoms with Gasteiger partial charge in [0.25, 0.3) is 15.9 Å². The first-order valence-electron chi connectivity index (χ1n) is 5.72. The molecule has 0 atom stereocenters. The molecule has 0 aliphatic heterocycles. The molecule has 5 nitrogen and oxygen atoms in total. The molecule has 110 valence electrons. The first-order valence-corrected chi connectivity index (χ1v) is 7.58. The van der Waals surface area contributed by atoms with E-state index in [4.69, 9.17) is 11.6 Å². The van der Waals surface area contributed by atoms with E-state index in [0.29, 0.717) is 0 Å². The minimum Gasteiger partial charge on any atom is -0.273 e. The van der Waals surface area contributed by atoms with Gasteiger partial charge in [-0.1, -0.05) is 17.7 Å². The summed E-state index contributed by atoms with van der Waals surface area (Å²) in [5.41, 5.74) is 2.15. The Labute approximate surface area is 125 Å². The van der Waals surface area contributed by atoms with E-state index in [-0.39, 0.29) is 15.5 Å². The first-order chi connectivity index (χ1) is 9.88. The summed E-state index contributed by atoms with van der Waals surface area (Å²) >= 11 is 5.71. The second kappa shape index (κ2) is 6.21. The molecule has 0 bridgehead atoms. The smallest absolute Gasteiger partial charge is 0.266 e. The molecule has 0 aliphatic carbocycles. The van der Waals surface area contributed by atoms with Crippen molar-refractivity contribution >= 4 is 27.5 Å². The van der Waals surface area contributed by atoms with Crippen molar-refractivity contribution in [3.8, 4) is 0 Å². The van der Waals surface area contributed by atoms with Crippen LogP contribution in [0.2, 0.25) is 5.02 Å². The van der Waals surface area contributed by atoms with Crippen LogP contribution < -0.4 is 10.3 Å². The van der Waals surface area contributed by atoms with Crippen molar-refractivity contribution in [3.05, 3.63) is 64.9 Å². The second-order valence-corrected chi connectivity index (χ2v) is 6.14. The highest BCUT2D eigenvalue weighted by molar-refractivity contribution is 7.89. The van der Waals surface area contributed by atoms with Crippen molar-refractivity contribution in [1.82, 2.24) is 10.3 Å². The Morgan fingerprint density at radius 2 is 1.76 bits per heavy atom. The van der Waals surface area contributed by atoms with Gasteiger partial charge in [-0.25, -0.2) is 12.8 Å². The Morgan fingerprint density at radius 1 is 1.10 bits per heavy atom. The monoisotopic (exact) mass is 328 g/mol. The van der Waals surface area contributed by atoms with Crippen molar-refractivity contribution < 1.29 is 17.6 Å². The van der Waals surface area contributed by atoms with Gasteiger partial charge in [0.15, 0.2) is 0 Å². The fraction of sp³-hybridized carbons (Fsp3) is 0. The lowest BCUT2D eigenvalue weighted by Gasteiger charge is -2.08. The fourth-order valence-electron chi connectivity index (χ4n) is 1.48. The van der Waals surface area contributed by atoms with Gasteiger partial charge in [-0.3, -0.25) is 10.2 Å². The van der Waals surface area contributed by atoms with Gasteiger partial charge < -0.3 is 0 Å². The summed E-state index contributed by atoms with van der Waals surface area (Å²) in [6, 6.07) is 10.2. The summed E-state index contributed by atoms with van der Waals surface area (Å²) in [7, 11) is -3.93. The molecule has 2 aromatic rings. The average molecular weight is 329 g/mol. The quantitative estimate of drug-likeness (QED) is 0.844. The van der Waals surface area contributed by atoms with Crippen molar-refractivity contribution in [1.29, 1.82) is 0 Å². The number of hydrogen-bond acceptors (Lipinski definition) is 3. The van der Waals surface area contributed by atoms with Gasteiger partial charge in [0, 0.05) is 10.6 Å². The number of carbonyl (C=O) groups is 1. The summed E-state index contributed by atoms with van der Waals surface area (Å²) in [5, 5.41) is 0.253. The largest absolute Gasteiger partial charge is 0.273 e. The minimum atomic E-state index is -3.93. The summed E-state index contributed by atoms with van der Waals surface area (Å²) in [6.45, 7) is 0. The number of rotatable bonds is 4. The van der Waals surface area contributed by atoms with Crippen LogP contribution in [0, 0.1) is 5.82 Å². The standard InChI is InChI=1S/C13H10ClFN2O3S/c14-10-2-1-3-12(8-10)21(19,20)17-16-13(18)9-4-6-11(15)7-5-9/h1-8,17H,(H,16,18). The third kappa shape index (κ3) is 4.01. The number of halogens is 2. The Kier molecular flexibility index (Phi) is 4.56.